The Hall–Kier alpha value is -1.82. The highest BCUT2D eigenvalue weighted by Gasteiger charge is 2.18. The highest BCUT2D eigenvalue weighted by molar-refractivity contribution is 6.02. The van der Waals surface area contributed by atoms with Gasteiger partial charge in [0, 0.05) is 38.1 Å². The Balaban J connectivity index is 2.18. The van der Waals surface area contributed by atoms with E-state index in [0.29, 0.717) is 11.5 Å². The lowest BCUT2D eigenvalue weighted by Crippen LogP contribution is -2.31. The van der Waals surface area contributed by atoms with Crippen LogP contribution in [0.1, 0.15) is 18.4 Å². The Morgan fingerprint density at radius 2 is 2.20 bits per heavy atom. The van der Waals surface area contributed by atoms with Crippen molar-refractivity contribution in [2.75, 3.05) is 31.7 Å². The molecule has 1 saturated heterocycles. The molecular formula is C14H20FN3O2. The molecule has 6 heteroatoms. The Kier molecular flexibility index (Phi) is 4.79. The third-order valence-corrected chi connectivity index (χ3v) is 3.63. The number of nitrogens with zero attached hydrogens (tertiary/aromatic N) is 2. The maximum atomic E-state index is 13.3. The van der Waals surface area contributed by atoms with E-state index < -0.39 is 5.82 Å². The normalized spacial score (nSPS) is 17.2. The van der Waals surface area contributed by atoms with Crippen LogP contribution in [-0.2, 0) is 4.74 Å². The van der Waals surface area contributed by atoms with Crippen molar-refractivity contribution in [1.82, 2.24) is 0 Å². The smallest absolute Gasteiger partial charge is 0.172 e. The van der Waals surface area contributed by atoms with Crippen LogP contribution in [-0.4, -0.2) is 37.8 Å². The Morgan fingerprint density at radius 1 is 1.50 bits per heavy atom. The molecular weight excluding hydrogens is 261 g/mol. The number of hydrogen-bond donors (Lipinski definition) is 2. The molecule has 0 aromatic heterocycles. The van der Waals surface area contributed by atoms with E-state index in [9.17, 15) is 4.39 Å². The average molecular weight is 281 g/mol. The summed E-state index contributed by atoms with van der Waals surface area (Å²) >= 11 is 0. The van der Waals surface area contributed by atoms with Crippen LogP contribution >= 0.6 is 0 Å². The zero-order chi connectivity index (χ0) is 14.5. The summed E-state index contributed by atoms with van der Waals surface area (Å²) in [7, 11) is 1.93. The first kappa shape index (κ1) is 14.6. The predicted molar refractivity (Wildman–Crippen MR) is 75.7 cm³/mol. The number of ether oxygens (including phenoxy) is 1. The van der Waals surface area contributed by atoms with Gasteiger partial charge in [-0.25, -0.2) is 4.39 Å². The standard InChI is InChI=1S/C14H20FN3O2/c1-18(9-10-4-6-20-7-5-10)13-3-2-11(15)8-12(13)14(16)17-19/h2-3,8,10,19H,4-7,9H2,1H3,(H2,16,17). The number of nitrogens with two attached hydrogens (primary N) is 1. The van der Waals surface area contributed by atoms with Gasteiger partial charge in [-0.2, -0.15) is 0 Å². The summed E-state index contributed by atoms with van der Waals surface area (Å²) in [5, 5.41) is 11.8. The zero-order valence-electron chi connectivity index (χ0n) is 11.6. The second-order valence-electron chi connectivity index (χ2n) is 5.08. The summed E-state index contributed by atoms with van der Waals surface area (Å²) < 4.78 is 18.7. The van der Waals surface area contributed by atoms with Crippen LogP contribution in [0.5, 0.6) is 0 Å². The lowest BCUT2D eigenvalue weighted by atomic mass is 9.99. The largest absolute Gasteiger partial charge is 0.409 e. The minimum absolute atomic E-state index is 0.0849. The Bertz CT molecular complexity index is 487. The lowest BCUT2D eigenvalue weighted by molar-refractivity contribution is 0.0685. The van der Waals surface area contributed by atoms with E-state index >= 15 is 0 Å². The van der Waals surface area contributed by atoms with Crippen LogP contribution in [0.4, 0.5) is 10.1 Å². The first-order valence-electron chi connectivity index (χ1n) is 6.68. The van der Waals surface area contributed by atoms with Crippen molar-refractivity contribution in [1.29, 1.82) is 0 Å². The van der Waals surface area contributed by atoms with Gasteiger partial charge in [0.1, 0.15) is 5.82 Å². The van der Waals surface area contributed by atoms with Gasteiger partial charge in [0.25, 0.3) is 0 Å². The van der Waals surface area contributed by atoms with Crippen molar-refractivity contribution in [2.24, 2.45) is 16.8 Å². The third-order valence-electron chi connectivity index (χ3n) is 3.63. The van der Waals surface area contributed by atoms with Crippen LogP contribution in [0.25, 0.3) is 0 Å². The Morgan fingerprint density at radius 3 is 2.85 bits per heavy atom. The van der Waals surface area contributed by atoms with Crippen LogP contribution < -0.4 is 10.6 Å². The number of oxime groups is 1. The monoisotopic (exact) mass is 281 g/mol. The zero-order valence-corrected chi connectivity index (χ0v) is 11.6. The fraction of sp³-hybridized carbons (Fsp3) is 0.500. The van der Waals surface area contributed by atoms with Crippen molar-refractivity contribution in [2.45, 2.75) is 12.8 Å². The van der Waals surface area contributed by atoms with Gasteiger partial charge in [-0.3, -0.25) is 0 Å². The van der Waals surface area contributed by atoms with E-state index in [4.69, 9.17) is 15.7 Å². The molecule has 0 saturated carbocycles. The first-order chi connectivity index (χ1) is 9.61. The molecule has 1 aromatic rings. The fourth-order valence-corrected chi connectivity index (χ4v) is 2.51. The van der Waals surface area contributed by atoms with Crippen molar-refractivity contribution >= 4 is 11.5 Å². The van der Waals surface area contributed by atoms with Gasteiger partial charge in [0.05, 0.1) is 0 Å². The van der Waals surface area contributed by atoms with E-state index in [1.807, 2.05) is 11.9 Å². The molecule has 110 valence electrons. The summed E-state index contributed by atoms with van der Waals surface area (Å²) in [4.78, 5) is 2.02. The summed E-state index contributed by atoms with van der Waals surface area (Å²) in [6.45, 7) is 2.41. The highest BCUT2D eigenvalue weighted by Crippen LogP contribution is 2.24. The molecule has 3 N–H and O–H groups in total. The molecule has 20 heavy (non-hydrogen) atoms. The second kappa shape index (κ2) is 6.56. The number of anilines is 1. The molecule has 1 aromatic carbocycles. The van der Waals surface area contributed by atoms with E-state index in [2.05, 4.69) is 5.16 Å². The summed E-state index contributed by atoms with van der Waals surface area (Å²) in [6, 6.07) is 4.32. The molecule has 0 bridgehead atoms. The third kappa shape index (κ3) is 3.39. The number of halogens is 1. The molecule has 1 aliphatic heterocycles. The molecule has 0 amide bonds. The molecule has 0 aliphatic carbocycles. The van der Waals surface area contributed by atoms with Crippen molar-refractivity contribution in [3.05, 3.63) is 29.6 Å². The van der Waals surface area contributed by atoms with Gasteiger partial charge in [-0.05, 0) is 37.0 Å². The number of hydrogen-bond acceptors (Lipinski definition) is 4. The highest BCUT2D eigenvalue weighted by atomic mass is 19.1. The molecule has 0 unspecified atom stereocenters. The quantitative estimate of drug-likeness (QED) is 0.382. The van der Waals surface area contributed by atoms with Gasteiger partial charge in [-0.1, -0.05) is 5.16 Å². The summed E-state index contributed by atoms with van der Waals surface area (Å²) in [5.41, 5.74) is 6.78. The molecule has 0 atom stereocenters. The lowest BCUT2D eigenvalue weighted by Gasteiger charge is -2.29. The van der Waals surface area contributed by atoms with Gasteiger partial charge in [0.2, 0.25) is 0 Å². The van der Waals surface area contributed by atoms with Gasteiger partial charge < -0.3 is 20.6 Å². The fourth-order valence-electron chi connectivity index (χ4n) is 2.51. The summed E-state index contributed by atoms with van der Waals surface area (Å²) in [6.07, 6.45) is 2.04. The molecule has 1 heterocycles. The predicted octanol–water partition coefficient (Wildman–Crippen LogP) is 1.78. The van der Waals surface area contributed by atoms with E-state index in [-0.39, 0.29) is 5.84 Å². The van der Waals surface area contributed by atoms with Crippen molar-refractivity contribution < 1.29 is 14.3 Å². The first-order valence-corrected chi connectivity index (χ1v) is 6.68. The minimum Gasteiger partial charge on any atom is -0.409 e. The van der Waals surface area contributed by atoms with Crippen molar-refractivity contribution in [3.63, 3.8) is 0 Å². The molecule has 1 aliphatic rings. The maximum Gasteiger partial charge on any atom is 0.172 e. The maximum absolute atomic E-state index is 13.3. The van der Waals surface area contributed by atoms with Gasteiger partial charge in [-0.15, -0.1) is 0 Å². The number of benzene rings is 1. The molecule has 0 spiro atoms. The SMILES string of the molecule is CN(CC1CCOCC1)c1ccc(F)cc1C(N)=NO. The molecule has 0 radical (unpaired) electrons. The van der Waals surface area contributed by atoms with Gasteiger partial charge in [0.15, 0.2) is 5.84 Å². The number of amidine groups is 1. The van der Waals surface area contributed by atoms with Crippen molar-refractivity contribution in [3.8, 4) is 0 Å². The van der Waals surface area contributed by atoms with Crippen LogP contribution in [0.2, 0.25) is 0 Å². The number of rotatable bonds is 4. The second-order valence-corrected chi connectivity index (χ2v) is 5.08. The summed E-state index contributed by atoms with van der Waals surface area (Å²) in [5.74, 6) is 0.0482. The Labute approximate surface area is 117 Å². The molecule has 5 nitrogen and oxygen atoms in total. The van der Waals surface area contributed by atoms with E-state index in [0.717, 1.165) is 38.3 Å². The van der Waals surface area contributed by atoms with E-state index in [1.54, 1.807) is 6.07 Å². The van der Waals surface area contributed by atoms with Gasteiger partial charge >= 0.3 is 0 Å². The van der Waals surface area contributed by atoms with Crippen LogP contribution in [0.3, 0.4) is 0 Å². The van der Waals surface area contributed by atoms with E-state index in [1.165, 1.54) is 12.1 Å². The average Bonchev–Trinajstić information content (AvgIpc) is 2.47. The molecule has 1 fully saturated rings. The molecule has 2 rings (SSSR count). The minimum atomic E-state index is -0.408. The van der Waals surface area contributed by atoms with Crippen LogP contribution in [0, 0.1) is 11.7 Å². The van der Waals surface area contributed by atoms with Crippen LogP contribution in [0.15, 0.2) is 23.4 Å². The topological polar surface area (TPSA) is 71.1 Å².